The van der Waals surface area contributed by atoms with Crippen LogP contribution in [0.2, 0.25) is 0 Å². The van der Waals surface area contributed by atoms with Gasteiger partial charge in [-0.3, -0.25) is 0 Å². The number of nitrogens with two attached hydrogens (primary N) is 1. The number of carbonyl (C=O) groups excluding carboxylic acids is 1. The first-order chi connectivity index (χ1) is 8.00. The number of ether oxygens (including phenoxy) is 2. The summed E-state index contributed by atoms with van der Waals surface area (Å²) in [5.41, 5.74) is 5.56. The van der Waals surface area contributed by atoms with E-state index in [2.05, 4.69) is 0 Å². The van der Waals surface area contributed by atoms with Crippen LogP contribution in [0, 0.1) is 0 Å². The molecule has 0 saturated carbocycles. The summed E-state index contributed by atoms with van der Waals surface area (Å²) in [6.45, 7) is 3.88. The Bertz CT molecular complexity index is 364. The minimum absolute atomic E-state index is 0.00583. The maximum Gasteiger partial charge on any atom is 0.332 e. The van der Waals surface area contributed by atoms with Crippen LogP contribution in [0.5, 0.6) is 0 Å². The van der Waals surface area contributed by atoms with Crippen molar-refractivity contribution in [2.45, 2.75) is 25.5 Å². The van der Waals surface area contributed by atoms with Crippen molar-refractivity contribution >= 4 is 5.97 Å². The van der Waals surface area contributed by atoms with Crippen molar-refractivity contribution in [2.24, 2.45) is 5.73 Å². The van der Waals surface area contributed by atoms with E-state index in [0.29, 0.717) is 5.56 Å². The summed E-state index contributed by atoms with van der Waals surface area (Å²) in [5, 5.41) is 0. The lowest BCUT2D eigenvalue weighted by Crippen LogP contribution is -2.50. The molecule has 94 valence electrons. The van der Waals surface area contributed by atoms with Gasteiger partial charge in [0.15, 0.2) is 5.54 Å². The molecule has 4 heteroatoms. The molecule has 1 unspecified atom stereocenters. The quantitative estimate of drug-likeness (QED) is 0.787. The van der Waals surface area contributed by atoms with Crippen molar-refractivity contribution < 1.29 is 14.3 Å². The zero-order chi connectivity index (χ0) is 12.9. The molecule has 0 amide bonds. The van der Waals surface area contributed by atoms with Gasteiger partial charge in [0.2, 0.25) is 0 Å². The van der Waals surface area contributed by atoms with Gasteiger partial charge < -0.3 is 15.2 Å². The topological polar surface area (TPSA) is 61.5 Å². The van der Waals surface area contributed by atoms with Crippen molar-refractivity contribution in [1.82, 2.24) is 0 Å². The molecule has 1 atom stereocenters. The van der Waals surface area contributed by atoms with Gasteiger partial charge in [0.25, 0.3) is 0 Å². The second-order valence-corrected chi connectivity index (χ2v) is 4.19. The van der Waals surface area contributed by atoms with Gasteiger partial charge in [0.05, 0.1) is 19.8 Å². The Balaban J connectivity index is 2.98. The molecule has 0 heterocycles. The van der Waals surface area contributed by atoms with Gasteiger partial charge in [-0.05, 0) is 19.4 Å². The van der Waals surface area contributed by atoms with Crippen LogP contribution < -0.4 is 5.73 Å². The van der Waals surface area contributed by atoms with Crippen LogP contribution in [-0.4, -0.2) is 25.8 Å². The molecule has 0 fully saturated rings. The Morgan fingerprint density at radius 3 is 2.41 bits per heavy atom. The highest BCUT2D eigenvalue weighted by Gasteiger charge is 2.37. The fourth-order valence-corrected chi connectivity index (χ4v) is 1.48. The van der Waals surface area contributed by atoms with E-state index >= 15 is 0 Å². The van der Waals surface area contributed by atoms with Crippen LogP contribution in [-0.2, 0) is 19.8 Å². The van der Waals surface area contributed by atoms with E-state index in [4.69, 9.17) is 15.2 Å². The second-order valence-electron chi connectivity index (χ2n) is 4.19. The first-order valence-electron chi connectivity index (χ1n) is 5.55. The molecule has 0 spiro atoms. The molecule has 1 aromatic carbocycles. The smallest absolute Gasteiger partial charge is 0.332 e. The normalized spacial score (nSPS) is 14.4. The summed E-state index contributed by atoms with van der Waals surface area (Å²) in [5.74, 6) is -0.496. The molecule has 0 bridgehead atoms. The Labute approximate surface area is 102 Å². The maximum absolute atomic E-state index is 11.8. The van der Waals surface area contributed by atoms with E-state index in [1.165, 1.54) is 7.11 Å². The Hall–Kier alpha value is -1.39. The summed E-state index contributed by atoms with van der Waals surface area (Å²) in [7, 11) is 1.32. The predicted molar refractivity (Wildman–Crippen MR) is 65.4 cm³/mol. The molecular weight excluding hydrogens is 218 g/mol. The summed E-state index contributed by atoms with van der Waals surface area (Å²) in [4.78, 5) is 11.8. The highest BCUT2D eigenvalue weighted by molar-refractivity contribution is 5.82. The zero-order valence-electron chi connectivity index (χ0n) is 10.5. The number of methoxy groups -OCH3 is 1. The van der Waals surface area contributed by atoms with Crippen molar-refractivity contribution in [3.05, 3.63) is 35.9 Å². The van der Waals surface area contributed by atoms with Crippen molar-refractivity contribution in [1.29, 1.82) is 0 Å². The largest absolute Gasteiger partial charge is 0.467 e. The zero-order valence-corrected chi connectivity index (χ0v) is 10.5. The highest BCUT2D eigenvalue weighted by Crippen LogP contribution is 2.20. The number of rotatable bonds is 5. The number of hydrogen-bond acceptors (Lipinski definition) is 4. The third-order valence-electron chi connectivity index (χ3n) is 2.48. The Morgan fingerprint density at radius 2 is 1.94 bits per heavy atom. The number of esters is 1. The molecule has 0 radical (unpaired) electrons. The van der Waals surface area contributed by atoms with E-state index in [0.717, 1.165) is 0 Å². The maximum atomic E-state index is 11.8. The van der Waals surface area contributed by atoms with Crippen molar-refractivity contribution in [2.75, 3.05) is 13.7 Å². The van der Waals surface area contributed by atoms with Gasteiger partial charge in [0.1, 0.15) is 0 Å². The lowest BCUT2D eigenvalue weighted by Gasteiger charge is -2.27. The molecule has 1 rings (SSSR count). The molecule has 2 N–H and O–H groups in total. The Kier molecular flexibility index (Phi) is 4.66. The lowest BCUT2D eigenvalue weighted by molar-refractivity contribution is -0.150. The summed E-state index contributed by atoms with van der Waals surface area (Å²) in [6.07, 6.45) is 0.00583. The molecule has 4 nitrogen and oxygen atoms in total. The molecule has 0 saturated heterocycles. The summed E-state index contributed by atoms with van der Waals surface area (Å²) >= 11 is 0. The van der Waals surface area contributed by atoms with Gasteiger partial charge in [0, 0.05) is 0 Å². The standard InChI is InChI=1S/C13H19NO3/c1-10(2)17-9-13(14,12(15)16-3)11-7-5-4-6-8-11/h4-8,10H,9,14H2,1-3H3. The first-order valence-corrected chi connectivity index (χ1v) is 5.55. The molecular formula is C13H19NO3. The second kappa shape index (κ2) is 5.80. The molecule has 1 aromatic rings. The van der Waals surface area contributed by atoms with E-state index in [1.807, 2.05) is 32.0 Å². The number of hydrogen-bond donors (Lipinski definition) is 1. The molecule has 17 heavy (non-hydrogen) atoms. The third kappa shape index (κ3) is 3.28. The average molecular weight is 237 g/mol. The van der Waals surface area contributed by atoms with Gasteiger partial charge in [-0.25, -0.2) is 4.79 Å². The molecule has 0 aliphatic heterocycles. The van der Waals surface area contributed by atoms with Crippen molar-refractivity contribution in [3.8, 4) is 0 Å². The molecule has 0 aromatic heterocycles. The third-order valence-corrected chi connectivity index (χ3v) is 2.48. The van der Waals surface area contributed by atoms with Crippen LogP contribution in [0.4, 0.5) is 0 Å². The minimum Gasteiger partial charge on any atom is -0.467 e. The Morgan fingerprint density at radius 1 is 1.35 bits per heavy atom. The van der Waals surface area contributed by atoms with Crippen LogP contribution in [0.25, 0.3) is 0 Å². The van der Waals surface area contributed by atoms with Crippen LogP contribution in [0.1, 0.15) is 19.4 Å². The van der Waals surface area contributed by atoms with Gasteiger partial charge in [-0.1, -0.05) is 30.3 Å². The van der Waals surface area contributed by atoms with Crippen LogP contribution >= 0.6 is 0 Å². The number of carbonyl (C=O) groups is 1. The first kappa shape index (κ1) is 13.7. The lowest BCUT2D eigenvalue weighted by atomic mass is 9.92. The average Bonchev–Trinajstić information content (AvgIpc) is 2.36. The van der Waals surface area contributed by atoms with Crippen LogP contribution in [0.3, 0.4) is 0 Å². The van der Waals surface area contributed by atoms with E-state index in [-0.39, 0.29) is 12.7 Å². The predicted octanol–water partition coefficient (Wildman–Crippen LogP) is 1.44. The molecule has 0 aliphatic rings. The minimum atomic E-state index is -1.25. The molecule has 0 aliphatic carbocycles. The SMILES string of the molecule is COC(=O)C(N)(COC(C)C)c1ccccc1. The fraction of sp³-hybridized carbons (Fsp3) is 0.462. The van der Waals surface area contributed by atoms with Crippen LogP contribution in [0.15, 0.2) is 30.3 Å². The van der Waals surface area contributed by atoms with Gasteiger partial charge >= 0.3 is 5.97 Å². The van der Waals surface area contributed by atoms with Gasteiger partial charge in [-0.15, -0.1) is 0 Å². The van der Waals surface area contributed by atoms with E-state index < -0.39 is 11.5 Å². The number of benzene rings is 1. The summed E-state index contributed by atoms with van der Waals surface area (Å²) in [6, 6.07) is 9.11. The van der Waals surface area contributed by atoms with Gasteiger partial charge in [-0.2, -0.15) is 0 Å². The highest BCUT2D eigenvalue weighted by atomic mass is 16.5. The van der Waals surface area contributed by atoms with E-state index in [9.17, 15) is 4.79 Å². The monoisotopic (exact) mass is 237 g/mol. The van der Waals surface area contributed by atoms with E-state index in [1.54, 1.807) is 12.1 Å². The van der Waals surface area contributed by atoms with Crippen molar-refractivity contribution in [3.63, 3.8) is 0 Å². The summed E-state index contributed by atoms with van der Waals surface area (Å²) < 4.78 is 10.2. The fourth-order valence-electron chi connectivity index (χ4n) is 1.48.